The molecule has 0 bridgehead atoms. The lowest BCUT2D eigenvalue weighted by Crippen LogP contribution is -2.52. The fourth-order valence-corrected chi connectivity index (χ4v) is 10.3. The maximum absolute atomic E-state index is 12.4. The molecule has 5 aliphatic rings. The number of carbonyl (C=O) groups excluding carboxylic acids is 1. The van der Waals surface area contributed by atoms with Gasteiger partial charge in [0.15, 0.2) is 0 Å². The summed E-state index contributed by atoms with van der Waals surface area (Å²) >= 11 is 1.56. The van der Waals surface area contributed by atoms with E-state index in [1.807, 2.05) is 27.7 Å². The third-order valence-electron chi connectivity index (χ3n) is 11.3. The summed E-state index contributed by atoms with van der Waals surface area (Å²) in [5, 5.41) is 0. The van der Waals surface area contributed by atoms with Crippen molar-refractivity contribution in [1.82, 2.24) is 9.03 Å². The molecule has 7 unspecified atom stereocenters. The third-order valence-corrected chi connectivity index (χ3v) is 12.3. The minimum atomic E-state index is 0.243. The van der Waals surface area contributed by atoms with Crippen LogP contribution in [0, 0.1) is 40.4 Å². The molecule has 0 spiro atoms. The Kier molecular flexibility index (Phi) is 15.8. The Balaban J connectivity index is 0.000000700. The number of rotatable bonds is 6. The van der Waals surface area contributed by atoms with Crippen molar-refractivity contribution in [2.24, 2.45) is 40.4 Å². The molecular formula is C35H68N2OS. The van der Waals surface area contributed by atoms with Crippen molar-refractivity contribution < 1.29 is 4.79 Å². The Hall–Kier alpha value is -0.220. The third kappa shape index (κ3) is 8.65. The summed E-state index contributed by atoms with van der Waals surface area (Å²) in [6, 6.07) is 0. The lowest BCUT2D eigenvalue weighted by molar-refractivity contribution is -0.119. The van der Waals surface area contributed by atoms with E-state index in [0.717, 1.165) is 49.1 Å². The van der Waals surface area contributed by atoms with Crippen molar-refractivity contribution in [1.29, 1.82) is 0 Å². The highest BCUT2D eigenvalue weighted by molar-refractivity contribution is 7.95. The van der Waals surface area contributed by atoms with Gasteiger partial charge < -0.3 is 0 Å². The summed E-state index contributed by atoms with van der Waals surface area (Å²) in [7, 11) is 0. The van der Waals surface area contributed by atoms with Crippen molar-refractivity contribution in [3.05, 3.63) is 0 Å². The maximum Gasteiger partial charge on any atom is 0.230 e. The molecule has 1 heterocycles. The highest BCUT2D eigenvalue weighted by atomic mass is 32.2. The Morgan fingerprint density at radius 1 is 0.795 bits per heavy atom. The summed E-state index contributed by atoms with van der Waals surface area (Å²) in [6.45, 7) is 19.8. The van der Waals surface area contributed by atoms with E-state index in [4.69, 9.17) is 0 Å². The van der Waals surface area contributed by atoms with Gasteiger partial charge >= 0.3 is 0 Å². The van der Waals surface area contributed by atoms with Crippen LogP contribution in [0.3, 0.4) is 0 Å². The first-order valence-electron chi connectivity index (χ1n) is 17.6. The van der Waals surface area contributed by atoms with E-state index in [9.17, 15) is 4.79 Å². The normalized spacial score (nSPS) is 37.2. The van der Waals surface area contributed by atoms with Crippen LogP contribution in [0.2, 0.25) is 0 Å². The predicted molar refractivity (Wildman–Crippen MR) is 174 cm³/mol. The van der Waals surface area contributed by atoms with E-state index in [1.165, 1.54) is 96.3 Å². The molecule has 39 heavy (non-hydrogen) atoms. The first kappa shape index (κ1) is 35.0. The Labute approximate surface area is 249 Å². The molecule has 7 atom stereocenters. The molecule has 0 radical (unpaired) electrons. The first-order valence-corrected chi connectivity index (χ1v) is 18.4. The van der Waals surface area contributed by atoms with Crippen molar-refractivity contribution in [2.45, 2.75) is 165 Å². The second kappa shape index (κ2) is 17.7. The number of amides is 1. The van der Waals surface area contributed by atoms with Crippen molar-refractivity contribution >= 4 is 18.0 Å². The van der Waals surface area contributed by atoms with Gasteiger partial charge in [-0.25, -0.2) is 4.31 Å². The largest absolute Gasteiger partial charge is 0.287 e. The lowest BCUT2D eigenvalue weighted by Gasteiger charge is -2.60. The van der Waals surface area contributed by atoms with Crippen LogP contribution in [0.25, 0.3) is 0 Å². The van der Waals surface area contributed by atoms with Gasteiger partial charge in [-0.1, -0.05) is 81.1 Å². The van der Waals surface area contributed by atoms with Gasteiger partial charge in [-0.15, -0.1) is 0 Å². The standard InChI is InChI=1S/C28H48N2OS.C3H8.2C2H6/c1-27-17-5-4-9-21(27)12-14-23-24-15-13-22(28(24,2)18-16-25(23)27)10-8-11-26(31)29-32-30-19-6-3-7-20-30;1-3-2;2*1-2/h21-25H,3-20H2,1-2H3,(H,29,31);3H2,1-2H3;2*1-2H3. The molecule has 5 rings (SSSR count). The Morgan fingerprint density at radius 3 is 2.15 bits per heavy atom. The van der Waals surface area contributed by atoms with Gasteiger partial charge in [0.2, 0.25) is 5.91 Å². The minimum absolute atomic E-state index is 0.243. The number of hydrogen-bond acceptors (Lipinski definition) is 3. The Bertz CT molecular complexity index is 680. The van der Waals surface area contributed by atoms with E-state index in [2.05, 4.69) is 36.7 Å². The number of piperidine rings is 1. The van der Waals surface area contributed by atoms with Crippen LogP contribution in [0.5, 0.6) is 0 Å². The number of carbonyl (C=O) groups is 1. The van der Waals surface area contributed by atoms with Crippen LogP contribution in [-0.2, 0) is 4.79 Å². The second-order valence-corrected chi connectivity index (χ2v) is 14.3. The van der Waals surface area contributed by atoms with Gasteiger partial charge in [-0.2, -0.15) is 0 Å². The molecule has 1 N–H and O–H groups in total. The van der Waals surface area contributed by atoms with Crippen LogP contribution in [-0.4, -0.2) is 23.3 Å². The van der Waals surface area contributed by atoms with Crippen LogP contribution in [0.4, 0.5) is 0 Å². The van der Waals surface area contributed by atoms with Gasteiger partial charge in [0.05, 0.1) is 0 Å². The number of nitrogens with one attached hydrogen (secondary N) is 1. The summed E-state index contributed by atoms with van der Waals surface area (Å²) in [6.07, 6.45) is 23.1. The molecule has 0 aromatic heterocycles. The van der Waals surface area contributed by atoms with Crippen molar-refractivity contribution in [2.75, 3.05) is 13.1 Å². The quantitative estimate of drug-likeness (QED) is 0.326. The second-order valence-electron chi connectivity index (χ2n) is 13.4. The highest BCUT2D eigenvalue weighted by Gasteiger charge is 2.59. The maximum atomic E-state index is 12.4. The molecule has 3 nitrogen and oxygen atoms in total. The highest BCUT2D eigenvalue weighted by Crippen LogP contribution is 2.67. The molecule has 1 saturated heterocycles. The minimum Gasteiger partial charge on any atom is -0.287 e. The zero-order chi connectivity index (χ0) is 28.9. The van der Waals surface area contributed by atoms with Gasteiger partial charge in [0.25, 0.3) is 0 Å². The topological polar surface area (TPSA) is 32.3 Å². The average molecular weight is 565 g/mol. The van der Waals surface area contributed by atoms with Crippen molar-refractivity contribution in [3.63, 3.8) is 0 Å². The zero-order valence-corrected chi connectivity index (χ0v) is 28.4. The van der Waals surface area contributed by atoms with Crippen LogP contribution >= 0.6 is 12.1 Å². The molecule has 230 valence electrons. The van der Waals surface area contributed by atoms with Crippen LogP contribution in [0.1, 0.15) is 165 Å². The molecule has 0 aromatic carbocycles. The van der Waals surface area contributed by atoms with Crippen LogP contribution < -0.4 is 4.72 Å². The smallest absolute Gasteiger partial charge is 0.230 e. The molecule has 4 saturated carbocycles. The zero-order valence-electron chi connectivity index (χ0n) is 27.6. The van der Waals surface area contributed by atoms with E-state index in [-0.39, 0.29) is 5.91 Å². The number of hydrogen-bond donors (Lipinski definition) is 1. The monoisotopic (exact) mass is 565 g/mol. The van der Waals surface area contributed by atoms with Gasteiger partial charge in [0, 0.05) is 31.6 Å². The molecular weight excluding hydrogens is 496 g/mol. The van der Waals surface area contributed by atoms with E-state index in [0.29, 0.717) is 17.3 Å². The molecule has 4 aliphatic carbocycles. The fraction of sp³-hybridized carbons (Fsp3) is 0.971. The molecule has 1 aliphatic heterocycles. The SMILES string of the molecule is CC.CC.CC12CCCCC1CCC1C2CCC2(C)C(CCCC(=O)NSN3CCCCC3)CCC12.CCC. The van der Waals surface area contributed by atoms with E-state index < -0.39 is 0 Å². The first-order chi connectivity index (χ1) is 18.9. The summed E-state index contributed by atoms with van der Waals surface area (Å²) < 4.78 is 5.44. The number of fused-ring (bicyclic) bond motifs is 5. The molecule has 5 fully saturated rings. The summed E-state index contributed by atoms with van der Waals surface area (Å²) in [4.78, 5) is 12.4. The van der Waals surface area contributed by atoms with Gasteiger partial charge in [-0.05, 0) is 117 Å². The summed E-state index contributed by atoms with van der Waals surface area (Å²) in [5.74, 6) is 5.11. The predicted octanol–water partition coefficient (Wildman–Crippen LogP) is 10.8. The van der Waals surface area contributed by atoms with Gasteiger partial charge in [-0.3, -0.25) is 9.52 Å². The van der Waals surface area contributed by atoms with E-state index in [1.54, 1.807) is 12.1 Å². The van der Waals surface area contributed by atoms with Crippen molar-refractivity contribution in [3.8, 4) is 0 Å². The average Bonchev–Trinajstić information content (AvgIpc) is 3.31. The molecule has 0 aromatic rings. The Morgan fingerprint density at radius 2 is 1.46 bits per heavy atom. The van der Waals surface area contributed by atoms with Crippen LogP contribution in [0.15, 0.2) is 0 Å². The summed E-state index contributed by atoms with van der Waals surface area (Å²) in [5.41, 5.74) is 1.21. The molecule has 1 amide bonds. The lowest BCUT2D eigenvalue weighted by atomic mass is 9.45. The van der Waals surface area contributed by atoms with Gasteiger partial charge in [0.1, 0.15) is 0 Å². The van der Waals surface area contributed by atoms with E-state index >= 15 is 0 Å². The fourth-order valence-electron chi connectivity index (χ4n) is 9.51. The molecule has 4 heteroatoms. The number of nitrogens with zero attached hydrogens (tertiary/aromatic N) is 1.